The van der Waals surface area contributed by atoms with Gasteiger partial charge in [0.25, 0.3) is 21.8 Å². The minimum Gasteiger partial charge on any atom is -0.504 e. The quantitative estimate of drug-likeness (QED) is 0.0820. The maximum Gasteiger partial charge on any atom is 0.428 e. The summed E-state index contributed by atoms with van der Waals surface area (Å²) < 4.78 is 31.9. The third-order valence-corrected chi connectivity index (χ3v) is 4.93. The van der Waals surface area contributed by atoms with Crippen LogP contribution in [0.15, 0.2) is 51.5 Å². The summed E-state index contributed by atoms with van der Waals surface area (Å²) in [5.74, 6) is -2.38. The zero-order valence-electron chi connectivity index (χ0n) is 17.9. The minimum atomic E-state index is -5.02. The van der Waals surface area contributed by atoms with E-state index in [1.807, 2.05) is 13.0 Å². The second-order valence-electron chi connectivity index (χ2n) is 6.34. The molecule has 0 aliphatic heterocycles. The van der Waals surface area contributed by atoms with Gasteiger partial charge in [-0.25, -0.2) is 0 Å². The van der Waals surface area contributed by atoms with Crippen LogP contribution in [-0.4, -0.2) is 45.5 Å². The molecular weight excluding hydrogens is 520 g/mol. The van der Waals surface area contributed by atoms with Crippen molar-refractivity contribution in [1.82, 2.24) is 0 Å². The molecule has 188 valence electrons. The van der Waals surface area contributed by atoms with Crippen LogP contribution >= 0.6 is 0 Å². The topological polar surface area (TPSA) is 259 Å². The van der Waals surface area contributed by atoms with Gasteiger partial charge in [0.05, 0.1) is 4.92 Å². The fraction of sp³-hybridized carbons (Fsp3) is 0.222. The van der Waals surface area contributed by atoms with Crippen molar-refractivity contribution in [1.29, 1.82) is 0 Å². The Morgan fingerprint density at radius 2 is 1.88 bits per heavy atom. The molecule has 0 radical (unpaired) electrons. The molecule has 2 aromatic rings. The van der Waals surface area contributed by atoms with Gasteiger partial charge in [0.1, 0.15) is 10.6 Å². The van der Waals surface area contributed by atoms with Gasteiger partial charge in [-0.05, 0) is 31.0 Å². The summed E-state index contributed by atoms with van der Waals surface area (Å²) in [5, 5.41) is 30.7. The fourth-order valence-electron chi connectivity index (χ4n) is 2.49. The van der Waals surface area contributed by atoms with E-state index in [9.17, 15) is 37.8 Å². The van der Waals surface area contributed by atoms with E-state index in [4.69, 9.17) is 0 Å². The maximum atomic E-state index is 11.9. The molecular formula is C18H25FeN4O10S+3. The number of benzene rings is 2. The Kier molecular flexibility index (Phi) is 13.0. The molecule has 0 saturated heterocycles. The van der Waals surface area contributed by atoms with E-state index in [-0.39, 0.29) is 28.0 Å². The number of azo groups is 1. The third-order valence-electron chi connectivity index (χ3n) is 4.06. The van der Waals surface area contributed by atoms with Crippen LogP contribution < -0.4 is 5.32 Å². The Balaban J connectivity index is 0. The normalized spacial score (nSPS) is 11.4. The number of nitro groups is 1. The van der Waals surface area contributed by atoms with Crippen molar-refractivity contribution in [2.45, 2.75) is 31.2 Å². The first-order chi connectivity index (χ1) is 14.4. The van der Waals surface area contributed by atoms with Crippen molar-refractivity contribution in [2.75, 3.05) is 5.32 Å². The number of anilines is 1. The van der Waals surface area contributed by atoms with Gasteiger partial charge in [-0.3, -0.25) is 29.6 Å². The molecule has 10 N–H and O–H groups in total. The van der Waals surface area contributed by atoms with Gasteiger partial charge in [0.15, 0.2) is 11.5 Å². The number of aromatic hydroxyl groups is 1. The average molecular weight is 545 g/mol. The van der Waals surface area contributed by atoms with E-state index < -0.39 is 54.8 Å². The number of carbonyl (C=O) groups is 1. The molecule has 0 spiro atoms. The number of nitrogens with zero attached hydrogens (tertiary/aromatic N) is 3. The number of hydrogen-bond donors (Lipinski definition) is 3. The fourth-order valence-corrected chi connectivity index (χ4v) is 3.11. The molecule has 0 bridgehead atoms. The van der Waals surface area contributed by atoms with Crippen LogP contribution in [-0.2, 0) is 49.4 Å². The average Bonchev–Trinajstić information content (AvgIpc) is 2.68. The maximum absolute atomic E-state index is 11.9. The van der Waals surface area contributed by atoms with Crippen LogP contribution in [0.2, 0.25) is 0 Å². The Bertz CT molecular complexity index is 1190. The SMILES string of the molecule is CCc1cccc(NC(=[OH+])C(N=Nc2cc([N+](=O)[O-])cc(S(=O)(=O)O)c2O)C(C)=O)c1.[Fe].[OH3+].[OH3+]. The number of ketones is 1. The van der Waals surface area contributed by atoms with E-state index in [0.717, 1.165) is 18.9 Å². The van der Waals surface area contributed by atoms with Crippen LogP contribution in [0.1, 0.15) is 19.4 Å². The summed E-state index contributed by atoms with van der Waals surface area (Å²) in [6.07, 6.45) is 0.730. The Morgan fingerprint density at radius 1 is 1.26 bits per heavy atom. The molecule has 0 aliphatic rings. The Hall–Kier alpha value is -3.27. The Labute approximate surface area is 204 Å². The summed E-state index contributed by atoms with van der Waals surface area (Å²) in [4.78, 5) is 31.1. The van der Waals surface area contributed by atoms with Crippen molar-refractivity contribution in [3.63, 3.8) is 0 Å². The first-order valence-corrected chi connectivity index (χ1v) is 10.2. The molecule has 2 aromatic carbocycles. The summed E-state index contributed by atoms with van der Waals surface area (Å²) in [6.45, 7) is 3.03. The van der Waals surface area contributed by atoms with Crippen molar-refractivity contribution in [3.8, 4) is 5.75 Å². The standard InChI is InChI=1S/C18H18N4O8S.Fe.2H2O/c1-3-11-5-4-6-12(7-11)19-18(25)16(10(2)23)21-20-14-8-13(22(26)27)9-15(17(14)24)31(28,29)30;;;/h4-9,16,24H,3H2,1-2H3,(H,19,25)(H,28,29,30);;2*1H2/p+3. The molecule has 0 saturated carbocycles. The van der Waals surface area contributed by atoms with E-state index in [0.29, 0.717) is 17.8 Å². The Morgan fingerprint density at radius 3 is 2.38 bits per heavy atom. The molecule has 0 aliphatic carbocycles. The van der Waals surface area contributed by atoms with Crippen LogP contribution in [0.3, 0.4) is 0 Å². The van der Waals surface area contributed by atoms with Crippen LogP contribution in [0, 0.1) is 10.1 Å². The number of phenols is 1. The van der Waals surface area contributed by atoms with Crippen molar-refractivity contribution >= 4 is 38.9 Å². The molecule has 16 heteroatoms. The zero-order valence-corrected chi connectivity index (χ0v) is 19.8. The molecule has 1 atom stereocenters. The second kappa shape index (κ2) is 13.4. The minimum absolute atomic E-state index is 0. The number of nitrogens with one attached hydrogen (secondary N) is 1. The van der Waals surface area contributed by atoms with Crippen molar-refractivity contribution < 1.29 is 60.6 Å². The monoisotopic (exact) mass is 545 g/mol. The molecule has 34 heavy (non-hydrogen) atoms. The zero-order chi connectivity index (χ0) is 23.3. The number of non-ortho nitro benzene ring substituents is 1. The summed E-state index contributed by atoms with van der Waals surface area (Å²) in [7, 11) is -5.02. The number of nitro benzene ring substituents is 1. The van der Waals surface area contributed by atoms with Crippen LogP contribution in [0.25, 0.3) is 0 Å². The smallest absolute Gasteiger partial charge is 0.428 e. The number of hydrogen-bond acceptors (Lipinski definition) is 8. The van der Waals surface area contributed by atoms with Gasteiger partial charge in [0.2, 0.25) is 0 Å². The van der Waals surface area contributed by atoms with E-state index in [2.05, 4.69) is 15.5 Å². The van der Waals surface area contributed by atoms with Gasteiger partial charge in [-0.15, -0.1) is 0 Å². The third kappa shape index (κ3) is 8.26. The van der Waals surface area contributed by atoms with E-state index >= 15 is 0 Å². The van der Waals surface area contributed by atoms with Gasteiger partial charge in [-0.2, -0.15) is 18.6 Å². The van der Waals surface area contributed by atoms with Gasteiger partial charge < -0.3 is 16.1 Å². The van der Waals surface area contributed by atoms with Crippen molar-refractivity contribution in [3.05, 3.63) is 52.1 Å². The predicted octanol–water partition coefficient (Wildman–Crippen LogP) is 0.919. The number of amides is 1. The summed E-state index contributed by atoms with van der Waals surface area (Å²) in [6, 6.07) is 6.53. The molecule has 0 heterocycles. The molecule has 0 fully saturated rings. The van der Waals surface area contributed by atoms with Crippen molar-refractivity contribution in [2.24, 2.45) is 10.2 Å². The molecule has 1 unspecified atom stereocenters. The molecule has 1 amide bonds. The number of phenolic OH excluding ortho intramolecular Hbond substituents is 1. The van der Waals surface area contributed by atoms with Gasteiger partial charge >= 0.3 is 5.91 Å². The summed E-state index contributed by atoms with van der Waals surface area (Å²) >= 11 is 0. The van der Waals surface area contributed by atoms with Gasteiger partial charge in [-0.1, -0.05) is 19.1 Å². The van der Waals surface area contributed by atoms with Crippen LogP contribution in [0.5, 0.6) is 5.75 Å². The molecule has 14 nitrogen and oxygen atoms in total. The number of carbonyl (C=O) groups excluding carboxylic acids is 2. The van der Waals surface area contributed by atoms with E-state index in [1.54, 1.807) is 18.2 Å². The number of Topliss-reactive ketones (excluding diaryl/α,β-unsaturated/α-hetero) is 1. The van der Waals surface area contributed by atoms with Crippen LogP contribution in [0.4, 0.5) is 17.1 Å². The first kappa shape index (κ1) is 32.9. The number of aryl methyl sites for hydroxylation is 1. The van der Waals surface area contributed by atoms with E-state index in [1.165, 1.54) is 0 Å². The largest absolute Gasteiger partial charge is 0.504 e. The first-order valence-electron chi connectivity index (χ1n) is 8.76. The van der Waals surface area contributed by atoms with Gasteiger partial charge in [0, 0.05) is 34.9 Å². The number of rotatable bonds is 8. The summed E-state index contributed by atoms with van der Waals surface area (Å²) in [5.41, 5.74) is -0.0847. The predicted molar refractivity (Wildman–Crippen MR) is 120 cm³/mol. The second-order valence-corrected chi connectivity index (χ2v) is 7.73. The molecule has 2 rings (SSSR count). The molecule has 0 aromatic heterocycles.